The summed E-state index contributed by atoms with van der Waals surface area (Å²) in [5.74, 6) is -6.63. The minimum atomic E-state index is -5.57. The highest BCUT2D eigenvalue weighted by atomic mass is 32.2. The summed E-state index contributed by atoms with van der Waals surface area (Å²) in [5.41, 5.74) is -1.26. The van der Waals surface area contributed by atoms with Gasteiger partial charge in [0.15, 0.2) is 0 Å². The Morgan fingerprint density at radius 3 is 2.32 bits per heavy atom. The first-order chi connectivity index (χ1) is 22.2. The Kier molecular flexibility index (Phi) is 7.92. The number of anilines is 1. The number of hydrogen-bond donors (Lipinski definition) is 1. The molecule has 1 fully saturated rings. The van der Waals surface area contributed by atoms with Crippen molar-refractivity contribution in [3.63, 3.8) is 0 Å². The van der Waals surface area contributed by atoms with Crippen LogP contribution in [-0.4, -0.2) is 49.5 Å². The van der Waals surface area contributed by atoms with Crippen molar-refractivity contribution in [2.75, 3.05) is 17.6 Å². The Balaban J connectivity index is 1.48. The van der Waals surface area contributed by atoms with Gasteiger partial charge in [0.1, 0.15) is 35.6 Å². The molecule has 1 saturated heterocycles. The third-order valence-electron chi connectivity index (χ3n) is 6.89. The number of fused-ring (bicyclic) bond motifs is 1. The van der Waals surface area contributed by atoms with E-state index in [0.717, 1.165) is 59.4 Å². The van der Waals surface area contributed by atoms with Gasteiger partial charge in [-0.15, -0.1) is 0 Å². The van der Waals surface area contributed by atoms with E-state index in [-0.39, 0.29) is 37.9 Å². The summed E-state index contributed by atoms with van der Waals surface area (Å²) in [6, 6.07) is 10.5. The van der Waals surface area contributed by atoms with Crippen LogP contribution in [0, 0.1) is 17.5 Å². The SMILES string of the molecule is O=C(ON(c1ccon1)S(=O)(=O)c1ccc2c(ccc(=O)n2-c2cc(F)c(-c3cc(F)cc(F)c3)cc2OC2CNC2)c1)C(F)(F)F. The third kappa shape index (κ3) is 6.11. The molecule has 11 nitrogen and oxygen atoms in total. The first-order valence-electron chi connectivity index (χ1n) is 13.3. The van der Waals surface area contributed by atoms with Gasteiger partial charge in [0.2, 0.25) is 5.82 Å². The quantitative estimate of drug-likeness (QED) is 0.184. The van der Waals surface area contributed by atoms with Gasteiger partial charge in [-0.1, -0.05) is 9.63 Å². The van der Waals surface area contributed by atoms with Crippen LogP contribution >= 0.6 is 0 Å². The van der Waals surface area contributed by atoms with Crippen molar-refractivity contribution >= 4 is 32.7 Å². The summed E-state index contributed by atoms with van der Waals surface area (Å²) in [5, 5.41) is 6.25. The largest absolute Gasteiger partial charge is 0.493 e. The van der Waals surface area contributed by atoms with Crippen molar-refractivity contribution in [2.24, 2.45) is 0 Å². The molecule has 18 heteroatoms. The zero-order valence-electron chi connectivity index (χ0n) is 23.3. The maximum atomic E-state index is 15.6. The molecule has 0 spiro atoms. The lowest BCUT2D eigenvalue weighted by molar-refractivity contribution is -0.199. The minimum Gasteiger partial charge on any atom is -0.486 e. The van der Waals surface area contributed by atoms with E-state index in [1.54, 1.807) is 0 Å². The number of alkyl halides is 3. The number of ether oxygens (including phenoxy) is 1. The molecule has 0 unspecified atom stereocenters. The fourth-order valence-electron chi connectivity index (χ4n) is 4.64. The average Bonchev–Trinajstić information content (AvgIpc) is 3.51. The van der Waals surface area contributed by atoms with Crippen LogP contribution < -0.4 is 20.1 Å². The van der Waals surface area contributed by atoms with Gasteiger partial charge < -0.3 is 19.4 Å². The second-order valence-corrected chi connectivity index (χ2v) is 11.8. The average molecular weight is 681 g/mol. The number of carbonyl (C=O) groups is 1. The molecule has 3 heterocycles. The normalized spacial score (nSPS) is 13.7. The van der Waals surface area contributed by atoms with Crippen LogP contribution in [0.25, 0.3) is 27.7 Å². The van der Waals surface area contributed by atoms with Crippen molar-refractivity contribution in [2.45, 2.75) is 17.2 Å². The maximum absolute atomic E-state index is 15.6. The molecular formula is C29H18F6N4O7S. The summed E-state index contributed by atoms with van der Waals surface area (Å²) >= 11 is 0. The number of benzene rings is 3. The second kappa shape index (κ2) is 11.8. The molecule has 0 atom stereocenters. The molecule has 244 valence electrons. The van der Waals surface area contributed by atoms with Crippen LogP contribution in [0.1, 0.15) is 0 Å². The van der Waals surface area contributed by atoms with Crippen molar-refractivity contribution in [1.29, 1.82) is 0 Å². The number of carbonyl (C=O) groups excluding carboxylic acids is 1. The summed E-state index contributed by atoms with van der Waals surface area (Å²) in [4.78, 5) is 28.3. The van der Waals surface area contributed by atoms with E-state index in [1.807, 2.05) is 0 Å². The number of rotatable bonds is 8. The molecule has 2 aromatic heterocycles. The molecule has 0 saturated carbocycles. The van der Waals surface area contributed by atoms with E-state index in [9.17, 15) is 40.0 Å². The zero-order valence-corrected chi connectivity index (χ0v) is 24.1. The highest BCUT2D eigenvalue weighted by Crippen LogP contribution is 2.36. The lowest BCUT2D eigenvalue weighted by Gasteiger charge is -2.29. The van der Waals surface area contributed by atoms with Crippen molar-refractivity contribution in [3.8, 4) is 22.6 Å². The van der Waals surface area contributed by atoms with E-state index >= 15 is 4.39 Å². The van der Waals surface area contributed by atoms with Crippen LogP contribution in [-0.2, 0) is 19.7 Å². The molecule has 1 N–H and O–H groups in total. The molecule has 5 aromatic rings. The highest BCUT2D eigenvalue weighted by Gasteiger charge is 2.45. The number of nitrogens with zero attached hydrogens (tertiary/aromatic N) is 3. The number of pyridine rings is 1. The van der Waals surface area contributed by atoms with Gasteiger partial charge in [-0.25, -0.2) is 18.0 Å². The van der Waals surface area contributed by atoms with Crippen molar-refractivity contribution in [3.05, 3.63) is 101 Å². The molecule has 0 amide bonds. The molecule has 6 rings (SSSR count). The lowest BCUT2D eigenvalue weighted by Crippen LogP contribution is -2.50. The maximum Gasteiger partial charge on any atom is 0.493 e. The van der Waals surface area contributed by atoms with Crippen LogP contribution in [0.5, 0.6) is 5.75 Å². The predicted molar refractivity (Wildman–Crippen MR) is 150 cm³/mol. The fourth-order valence-corrected chi connectivity index (χ4v) is 5.86. The van der Waals surface area contributed by atoms with E-state index in [1.165, 1.54) is 12.1 Å². The summed E-state index contributed by atoms with van der Waals surface area (Å²) in [6.45, 7) is 0.792. The van der Waals surface area contributed by atoms with Gasteiger partial charge in [-0.2, -0.15) is 21.6 Å². The molecule has 0 bridgehead atoms. The van der Waals surface area contributed by atoms with E-state index < -0.39 is 62.0 Å². The van der Waals surface area contributed by atoms with E-state index in [0.29, 0.717) is 19.2 Å². The topological polar surface area (TPSA) is 133 Å². The summed E-state index contributed by atoms with van der Waals surface area (Å²) in [6.07, 6.45) is -5.16. The highest BCUT2D eigenvalue weighted by molar-refractivity contribution is 7.92. The molecule has 47 heavy (non-hydrogen) atoms. The molecule has 0 radical (unpaired) electrons. The Hall–Kier alpha value is -5.36. The van der Waals surface area contributed by atoms with Crippen LogP contribution in [0.4, 0.5) is 32.2 Å². The second-order valence-electron chi connectivity index (χ2n) is 10.0. The van der Waals surface area contributed by atoms with Gasteiger partial charge >= 0.3 is 12.1 Å². The van der Waals surface area contributed by atoms with Crippen molar-refractivity contribution in [1.82, 2.24) is 15.0 Å². The smallest absolute Gasteiger partial charge is 0.486 e. The Bertz CT molecular complexity index is 2170. The number of aromatic nitrogens is 2. The molecular weight excluding hydrogens is 662 g/mol. The molecule has 1 aliphatic heterocycles. The number of halogens is 6. The first kappa shape index (κ1) is 31.6. The Labute approximate surface area is 259 Å². The van der Waals surface area contributed by atoms with Crippen LogP contribution in [0.3, 0.4) is 0 Å². The fraction of sp³-hybridized carbons (Fsp3) is 0.138. The lowest BCUT2D eigenvalue weighted by atomic mass is 10.0. The predicted octanol–water partition coefficient (Wildman–Crippen LogP) is 4.63. The third-order valence-corrected chi connectivity index (χ3v) is 8.44. The monoisotopic (exact) mass is 680 g/mol. The van der Waals surface area contributed by atoms with Gasteiger partial charge in [0.05, 0.1) is 16.1 Å². The van der Waals surface area contributed by atoms with Gasteiger partial charge in [-0.3, -0.25) is 9.36 Å². The number of nitrogens with one attached hydrogen (secondary N) is 1. The minimum absolute atomic E-state index is 0.00254. The number of sulfonamides is 1. The van der Waals surface area contributed by atoms with Gasteiger partial charge in [-0.05, 0) is 48.0 Å². The Morgan fingerprint density at radius 1 is 0.979 bits per heavy atom. The first-order valence-corrected chi connectivity index (χ1v) is 14.7. The van der Waals surface area contributed by atoms with Gasteiger partial charge in [0, 0.05) is 48.3 Å². The number of hydrogen-bond acceptors (Lipinski definition) is 9. The molecule has 0 aliphatic carbocycles. The van der Waals surface area contributed by atoms with Crippen molar-refractivity contribution < 1.29 is 53.7 Å². The summed E-state index contributed by atoms with van der Waals surface area (Å²) < 4.78 is 120. The molecule has 3 aromatic carbocycles. The zero-order chi connectivity index (χ0) is 33.7. The summed E-state index contributed by atoms with van der Waals surface area (Å²) in [7, 11) is -5.10. The Morgan fingerprint density at radius 2 is 1.70 bits per heavy atom. The molecule has 1 aliphatic rings. The van der Waals surface area contributed by atoms with Gasteiger partial charge in [0.25, 0.3) is 15.6 Å². The van der Waals surface area contributed by atoms with Crippen LogP contribution in [0.15, 0.2) is 87.2 Å². The standard InChI is InChI=1S/C29H18F6N4O7S/c30-17-7-16(8-18(31)10-17)21-11-25(45-19-13-36-14-19)24(12-22(21)32)38-23-3-2-20(9-15(23)1-4-27(38)40)47(42,43)39(26-5-6-44-37-26)46-28(41)29(33,34)35/h1-12,19,36H,13-14H2. The van der Waals surface area contributed by atoms with E-state index in [4.69, 9.17) is 4.74 Å². The van der Waals surface area contributed by atoms with E-state index in [2.05, 4.69) is 19.8 Å². The van der Waals surface area contributed by atoms with Crippen LogP contribution in [0.2, 0.25) is 0 Å².